The molecule has 1 amide bonds. The molecule has 6 heteroatoms. The number of rotatable bonds is 4. The van der Waals surface area contributed by atoms with Crippen molar-refractivity contribution in [1.82, 2.24) is 5.32 Å². The number of carboxylic acids is 1. The number of benzene rings is 1. The minimum Gasteiger partial charge on any atom is -0.481 e. The molecule has 114 valence electrons. The van der Waals surface area contributed by atoms with Gasteiger partial charge in [0.2, 0.25) is 0 Å². The van der Waals surface area contributed by atoms with Crippen LogP contribution in [0.5, 0.6) is 0 Å². The molecule has 1 fully saturated rings. The molecule has 1 aromatic carbocycles. The Kier molecular flexibility index (Phi) is 5.53. The molecule has 4 nitrogen and oxygen atoms in total. The van der Waals surface area contributed by atoms with E-state index in [-0.39, 0.29) is 11.9 Å². The van der Waals surface area contributed by atoms with Crippen molar-refractivity contribution in [2.75, 3.05) is 6.26 Å². The first kappa shape index (κ1) is 16.2. The molecule has 1 aromatic rings. The van der Waals surface area contributed by atoms with Gasteiger partial charge in [-0.05, 0) is 37.3 Å². The molecule has 0 radical (unpaired) electrons. The third kappa shape index (κ3) is 3.92. The Morgan fingerprint density at radius 1 is 1.33 bits per heavy atom. The van der Waals surface area contributed by atoms with Gasteiger partial charge in [0.25, 0.3) is 5.91 Å². The molecule has 2 rings (SSSR count). The second-order valence-corrected chi connectivity index (χ2v) is 6.44. The SMILES string of the molecule is CSc1ccc(Cl)c(C(=O)NC2CCCCC2C(=O)O)c1. The lowest BCUT2D eigenvalue weighted by atomic mass is 9.84. The van der Waals surface area contributed by atoms with Crippen LogP contribution in [0.15, 0.2) is 23.1 Å². The largest absolute Gasteiger partial charge is 0.481 e. The summed E-state index contributed by atoms with van der Waals surface area (Å²) in [5.41, 5.74) is 0.401. The number of nitrogens with one attached hydrogen (secondary N) is 1. The van der Waals surface area contributed by atoms with E-state index in [9.17, 15) is 14.7 Å². The van der Waals surface area contributed by atoms with Crippen LogP contribution in [0.1, 0.15) is 36.0 Å². The van der Waals surface area contributed by atoms with Crippen LogP contribution in [0, 0.1) is 5.92 Å². The molecule has 1 aliphatic rings. The lowest BCUT2D eigenvalue weighted by Gasteiger charge is -2.29. The fourth-order valence-corrected chi connectivity index (χ4v) is 3.29. The summed E-state index contributed by atoms with van der Waals surface area (Å²) in [5, 5.41) is 12.5. The van der Waals surface area contributed by atoms with Crippen molar-refractivity contribution >= 4 is 35.2 Å². The van der Waals surface area contributed by atoms with E-state index in [4.69, 9.17) is 11.6 Å². The van der Waals surface area contributed by atoms with Crippen LogP contribution in [-0.4, -0.2) is 29.3 Å². The number of amides is 1. The quantitative estimate of drug-likeness (QED) is 0.831. The van der Waals surface area contributed by atoms with Crippen molar-refractivity contribution in [3.8, 4) is 0 Å². The van der Waals surface area contributed by atoms with Crippen molar-refractivity contribution < 1.29 is 14.7 Å². The van der Waals surface area contributed by atoms with E-state index >= 15 is 0 Å². The lowest BCUT2D eigenvalue weighted by Crippen LogP contribution is -2.45. The van der Waals surface area contributed by atoms with Gasteiger partial charge in [0.15, 0.2) is 0 Å². The third-order valence-corrected chi connectivity index (χ3v) is 4.87. The highest BCUT2D eigenvalue weighted by atomic mass is 35.5. The van der Waals surface area contributed by atoms with Gasteiger partial charge >= 0.3 is 5.97 Å². The number of halogens is 1. The number of aliphatic carboxylic acids is 1. The number of carbonyl (C=O) groups is 2. The molecule has 2 N–H and O–H groups in total. The molecule has 0 bridgehead atoms. The second-order valence-electron chi connectivity index (χ2n) is 5.15. The summed E-state index contributed by atoms with van der Waals surface area (Å²) in [6.07, 6.45) is 5.06. The van der Waals surface area contributed by atoms with E-state index in [1.165, 1.54) is 11.8 Å². The molecule has 1 aliphatic carbocycles. The fourth-order valence-electron chi connectivity index (χ4n) is 2.65. The van der Waals surface area contributed by atoms with Crippen molar-refractivity contribution in [3.63, 3.8) is 0 Å². The van der Waals surface area contributed by atoms with E-state index in [1.807, 2.05) is 12.3 Å². The number of carbonyl (C=O) groups excluding carboxylic acids is 1. The summed E-state index contributed by atoms with van der Waals surface area (Å²) in [7, 11) is 0. The number of hydrogen-bond donors (Lipinski definition) is 2. The molecular formula is C15H18ClNO3S. The van der Waals surface area contributed by atoms with Crippen LogP contribution in [0.3, 0.4) is 0 Å². The summed E-state index contributed by atoms with van der Waals surface area (Å²) in [4.78, 5) is 24.6. The highest BCUT2D eigenvalue weighted by Crippen LogP contribution is 2.27. The van der Waals surface area contributed by atoms with Gasteiger partial charge in [-0.15, -0.1) is 11.8 Å². The van der Waals surface area contributed by atoms with Gasteiger partial charge in [-0.3, -0.25) is 9.59 Å². The summed E-state index contributed by atoms with van der Waals surface area (Å²) < 4.78 is 0. The third-order valence-electron chi connectivity index (χ3n) is 3.82. The minimum atomic E-state index is -0.844. The van der Waals surface area contributed by atoms with Crippen LogP contribution in [0.25, 0.3) is 0 Å². The molecule has 2 atom stereocenters. The fraction of sp³-hybridized carbons (Fsp3) is 0.467. The van der Waals surface area contributed by atoms with Crippen molar-refractivity contribution in [2.24, 2.45) is 5.92 Å². The highest BCUT2D eigenvalue weighted by molar-refractivity contribution is 7.98. The van der Waals surface area contributed by atoms with Crippen LogP contribution in [0.4, 0.5) is 0 Å². The molecule has 0 heterocycles. The Morgan fingerprint density at radius 2 is 2.05 bits per heavy atom. The monoisotopic (exact) mass is 327 g/mol. The first-order chi connectivity index (χ1) is 10.0. The van der Waals surface area contributed by atoms with Gasteiger partial charge in [0.1, 0.15) is 0 Å². The van der Waals surface area contributed by atoms with Gasteiger partial charge in [-0.1, -0.05) is 24.4 Å². The van der Waals surface area contributed by atoms with Crippen molar-refractivity contribution in [3.05, 3.63) is 28.8 Å². The predicted octanol–water partition coefficient (Wildman–Crippen LogP) is 3.44. The normalized spacial score (nSPS) is 21.8. The minimum absolute atomic E-state index is 0.297. The van der Waals surface area contributed by atoms with E-state index in [0.29, 0.717) is 23.4 Å². The summed E-state index contributed by atoms with van der Waals surface area (Å²) in [6.45, 7) is 0. The zero-order valence-corrected chi connectivity index (χ0v) is 13.3. The second kappa shape index (κ2) is 7.18. The first-order valence-corrected chi connectivity index (χ1v) is 8.50. The van der Waals surface area contributed by atoms with Crippen LogP contribution >= 0.6 is 23.4 Å². The molecule has 0 aliphatic heterocycles. The average Bonchev–Trinajstić information content (AvgIpc) is 2.48. The Labute approximate surface area is 133 Å². The topological polar surface area (TPSA) is 66.4 Å². The van der Waals surface area contributed by atoms with Crippen molar-refractivity contribution in [1.29, 1.82) is 0 Å². The molecule has 1 saturated carbocycles. The average molecular weight is 328 g/mol. The molecule has 0 saturated heterocycles. The predicted molar refractivity (Wildman–Crippen MR) is 84.1 cm³/mol. The van der Waals surface area contributed by atoms with Crippen LogP contribution in [0.2, 0.25) is 5.02 Å². The van der Waals surface area contributed by atoms with Gasteiger partial charge in [-0.2, -0.15) is 0 Å². The molecular weight excluding hydrogens is 310 g/mol. The Bertz CT molecular complexity index is 550. The highest BCUT2D eigenvalue weighted by Gasteiger charge is 2.32. The molecule has 0 aromatic heterocycles. The van der Waals surface area contributed by atoms with Crippen LogP contribution < -0.4 is 5.32 Å². The zero-order chi connectivity index (χ0) is 15.4. The first-order valence-electron chi connectivity index (χ1n) is 6.90. The standard InChI is InChI=1S/C15H18ClNO3S/c1-21-9-6-7-12(16)11(8-9)14(18)17-13-5-3-2-4-10(13)15(19)20/h6-8,10,13H,2-5H2,1H3,(H,17,18)(H,19,20). The maximum atomic E-state index is 12.4. The maximum Gasteiger partial charge on any atom is 0.308 e. The van der Waals surface area contributed by atoms with E-state index in [0.717, 1.165) is 17.7 Å². The van der Waals surface area contributed by atoms with E-state index in [2.05, 4.69) is 5.32 Å². The molecule has 0 spiro atoms. The summed E-state index contributed by atoms with van der Waals surface area (Å²) in [6, 6.07) is 4.96. The van der Waals surface area contributed by atoms with E-state index < -0.39 is 11.9 Å². The zero-order valence-electron chi connectivity index (χ0n) is 11.8. The van der Waals surface area contributed by atoms with E-state index in [1.54, 1.807) is 12.1 Å². The lowest BCUT2D eigenvalue weighted by molar-refractivity contribution is -0.143. The number of hydrogen-bond acceptors (Lipinski definition) is 3. The van der Waals surface area contributed by atoms with Gasteiger partial charge in [-0.25, -0.2) is 0 Å². The Morgan fingerprint density at radius 3 is 2.71 bits per heavy atom. The van der Waals surface area contributed by atoms with Gasteiger partial charge in [0, 0.05) is 10.9 Å². The number of carboxylic acid groups (broad SMARTS) is 1. The molecule has 2 unspecified atom stereocenters. The van der Waals surface area contributed by atoms with Gasteiger partial charge in [0.05, 0.1) is 16.5 Å². The summed E-state index contributed by atoms with van der Waals surface area (Å²) in [5.74, 6) is -1.65. The Hall–Kier alpha value is -1.20. The molecule has 21 heavy (non-hydrogen) atoms. The smallest absolute Gasteiger partial charge is 0.308 e. The summed E-state index contributed by atoms with van der Waals surface area (Å²) >= 11 is 7.61. The van der Waals surface area contributed by atoms with Crippen molar-refractivity contribution in [2.45, 2.75) is 36.6 Å². The Balaban J connectivity index is 2.15. The number of thioether (sulfide) groups is 1. The maximum absolute atomic E-state index is 12.4. The van der Waals surface area contributed by atoms with Gasteiger partial charge < -0.3 is 10.4 Å². The van der Waals surface area contributed by atoms with Crippen LogP contribution in [-0.2, 0) is 4.79 Å².